The summed E-state index contributed by atoms with van der Waals surface area (Å²) in [6, 6.07) is 0. The molecule has 28 heavy (non-hydrogen) atoms. The van der Waals surface area contributed by atoms with Crippen LogP contribution < -0.4 is 0 Å². The van der Waals surface area contributed by atoms with Crippen LogP contribution in [-0.2, 0) is 0 Å². The molecular weight excluding hydrogens is 336 g/mol. The minimum atomic E-state index is 0.501. The van der Waals surface area contributed by atoms with Gasteiger partial charge in [0.25, 0.3) is 0 Å². The molecule has 0 bridgehead atoms. The average Bonchev–Trinajstić information content (AvgIpc) is 2.97. The molecule has 160 valence electrons. The van der Waals surface area contributed by atoms with Gasteiger partial charge >= 0.3 is 0 Å². The van der Waals surface area contributed by atoms with Gasteiger partial charge in [-0.3, -0.25) is 0 Å². The maximum atomic E-state index is 2.74. The summed E-state index contributed by atoms with van der Waals surface area (Å²) in [5.41, 5.74) is 3.58. The molecule has 0 N–H and O–H groups in total. The molecule has 3 fully saturated rings. The molecule has 4 aliphatic rings. The van der Waals surface area contributed by atoms with E-state index in [9.17, 15) is 0 Å². The fraction of sp³-hybridized carbons (Fsp3) is 0.929. The Balaban J connectivity index is 1.47. The molecule has 7 atom stereocenters. The third-order valence-corrected chi connectivity index (χ3v) is 10.4. The van der Waals surface area contributed by atoms with Gasteiger partial charge in [-0.25, -0.2) is 0 Å². The number of fused-ring (bicyclic) bond motifs is 5. The lowest BCUT2D eigenvalue weighted by Crippen LogP contribution is -2.50. The van der Waals surface area contributed by atoms with Gasteiger partial charge in [0.1, 0.15) is 0 Å². The van der Waals surface area contributed by atoms with E-state index in [4.69, 9.17) is 0 Å². The molecule has 0 amide bonds. The van der Waals surface area contributed by atoms with E-state index in [0.717, 1.165) is 29.6 Å². The van der Waals surface area contributed by atoms with Crippen molar-refractivity contribution < 1.29 is 0 Å². The first-order valence-electron chi connectivity index (χ1n) is 12.8. The van der Waals surface area contributed by atoms with Crippen molar-refractivity contribution >= 4 is 0 Å². The second-order valence-corrected chi connectivity index (χ2v) is 13.1. The van der Waals surface area contributed by atoms with E-state index in [1.54, 1.807) is 0 Å². The molecule has 0 radical (unpaired) electrons. The van der Waals surface area contributed by atoms with Gasteiger partial charge in [-0.1, -0.05) is 72.5 Å². The highest BCUT2D eigenvalue weighted by Crippen LogP contribution is 2.67. The molecule has 4 aliphatic carbocycles. The third kappa shape index (κ3) is 3.54. The van der Waals surface area contributed by atoms with Crippen molar-refractivity contribution in [1.82, 2.24) is 0 Å². The zero-order chi connectivity index (χ0) is 20.2. The molecule has 0 heteroatoms. The van der Waals surface area contributed by atoms with Crippen molar-refractivity contribution in [2.75, 3.05) is 0 Å². The Kier molecular flexibility index (Phi) is 5.59. The number of hydrogen-bond acceptors (Lipinski definition) is 0. The average molecular weight is 385 g/mol. The number of rotatable bonds is 4. The van der Waals surface area contributed by atoms with Crippen LogP contribution in [0, 0.1) is 45.8 Å². The van der Waals surface area contributed by atoms with Crippen LogP contribution in [0.1, 0.15) is 119 Å². The predicted molar refractivity (Wildman–Crippen MR) is 122 cm³/mol. The molecule has 0 heterocycles. The van der Waals surface area contributed by atoms with Gasteiger partial charge in [0.15, 0.2) is 0 Å². The molecule has 7 unspecified atom stereocenters. The predicted octanol–water partition coefficient (Wildman–Crippen LogP) is 8.81. The van der Waals surface area contributed by atoms with E-state index in [1.165, 1.54) is 77.0 Å². The highest BCUT2D eigenvalue weighted by molar-refractivity contribution is 5.24. The molecule has 0 aromatic rings. The normalized spacial score (nSPS) is 44.3. The summed E-state index contributed by atoms with van der Waals surface area (Å²) in [5, 5.41) is 0. The Morgan fingerprint density at radius 2 is 1.82 bits per heavy atom. The minimum Gasteiger partial charge on any atom is -0.0845 e. The topological polar surface area (TPSA) is 0 Å². The lowest BCUT2D eigenvalue weighted by atomic mass is 9.47. The zero-order valence-electron chi connectivity index (χ0n) is 19.9. The Hall–Kier alpha value is -0.260. The standard InChI is InChI=1S/C28H48/c1-20(10-9-17-26(2,3)4)23-14-15-24-22-13-12-21-11-7-8-18-27(21,5)25(22)16-19-28(23,24)6/h12,20,22-25H,7-11,13-19H2,1-6H3. The van der Waals surface area contributed by atoms with Crippen LogP contribution in [0.3, 0.4) is 0 Å². The lowest BCUT2D eigenvalue weighted by Gasteiger charge is -2.58. The van der Waals surface area contributed by atoms with Gasteiger partial charge in [-0.15, -0.1) is 0 Å². The monoisotopic (exact) mass is 384 g/mol. The SMILES string of the molecule is CC(CCCC(C)(C)C)C1CCC2C3CC=C4CCCCC4(C)C3CCC12C. The van der Waals surface area contributed by atoms with Gasteiger partial charge in [-0.2, -0.15) is 0 Å². The fourth-order valence-electron chi connectivity index (χ4n) is 8.83. The maximum Gasteiger partial charge on any atom is -0.00853 e. The van der Waals surface area contributed by atoms with Gasteiger partial charge in [0, 0.05) is 0 Å². The summed E-state index contributed by atoms with van der Waals surface area (Å²) in [4.78, 5) is 0. The number of allylic oxidation sites excluding steroid dienone is 2. The molecule has 0 nitrogen and oxygen atoms in total. The van der Waals surface area contributed by atoms with E-state index in [0.29, 0.717) is 16.2 Å². The Labute approximate surface area is 176 Å². The molecule has 3 saturated carbocycles. The van der Waals surface area contributed by atoms with Crippen molar-refractivity contribution in [3.05, 3.63) is 11.6 Å². The number of hydrogen-bond donors (Lipinski definition) is 0. The van der Waals surface area contributed by atoms with Crippen LogP contribution in [0.2, 0.25) is 0 Å². The minimum absolute atomic E-state index is 0.501. The summed E-state index contributed by atoms with van der Waals surface area (Å²) in [5.74, 6) is 4.92. The van der Waals surface area contributed by atoms with Crippen LogP contribution in [0.5, 0.6) is 0 Å². The van der Waals surface area contributed by atoms with Crippen molar-refractivity contribution in [2.45, 2.75) is 119 Å². The second-order valence-electron chi connectivity index (χ2n) is 13.1. The van der Waals surface area contributed by atoms with Gasteiger partial charge < -0.3 is 0 Å². The third-order valence-electron chi connectivity index (χ3n) is 10.4. The highest BCUT2D eigenvalue weighted by Gasteiger charge is 2.58. The summed E-state index contributed by atoms with van der Waals surface area (Å²) < 4.78 is 0. The maximum absolute atomic E-state index is 2.74. The molecular formula is C28H48. The molecule has 0 aromatic carbocycles. The van der Waals surface area contributed by atoms with Crippen molar-refractivity contribution in [3.63, 3.8) is 0 Å². The Morgan fingerprint density at radius 3 is 2.57 bits per heavy atom. The molecule has 0 saturated heterocycles. The molecule has 4 rings (SSSR count). The van der Waals surface area contributed by atoms with Gasteiger partial charge in [0.2, 0.25) is 0 Å². The fourth-order valence-corrected chi connectivity index (χ4v) is 8.83. The first-order chi connectivity index (χ1) is 13.2. The lowest BCUT2D eigenvalue weighted by molar-refractivity contribution is -0.0501. The van der Waals surface area contributed by atoms with E-state index in [2.05, 4.69) is 47.6 Å². The first kappa shape index (κ1) is 21.0. The Morgan fingerprint density at radius 1 is 1.04 bits per heavy atom. The summed E-state index contributed by atoms with van der Waals surface area (Å²) in [7, 11) is 0. The van der Waals surface area contributed by atoms with E-state index in [1.807, 2.05) is 5.57 Å². The summed E-state index contributed by atoms with van der Waals surface area (Å²) in [6.07, 6.45) is 20.4. The van der Waals surface area contributed by atoms with Crippen LogP contribution in [0.25, 0.3) is 0 Å². The summed E-state index contributed by atoms with van der Waals surface area (Å²) >= 11 is 0. The highest BCUT2D eigenvalue weighted by atomic mass is 14.6. The van der Waals surface area contributed by atoms with E-state index >= 15 is 0 Å². The van der Waals surface area contributed by atoms with Crippen LogP contribution in [-0.4, -0.2) is 0 Å². The van der Waals surface area contributed by atoms with Crippen molar-refractivity contribution in [1.29, 1.82) is 0 Å². The Bertz CT molecular complexity index is 592. The largest absolute Gasteiger partial charge is 0.0845 e. The van der Waals surface area contributed by atoms with Crippen molar-refractivity contribution in [2.24, 2.45) is 45.8 Å². The smallest absolute Gasteiger partial charge is 0.00853 e. The van der Waals surface area contributed by atoms with Crippen LogP contribution >= 0.6 is 0 Å². The second kappa shape index (κ2) is 7.46. The molecule has 0 aromatic heterocycles. The van der Waals surface area contributed by atoms with Crippen LogP contribution in [0.4, 0.5) is 0 Å². The van der Waals surface area contributed by atoms with Crippen molar-refractivity contribution in [3.8, 4) is 0 Å². The summed E-state index contributed by atoms with van der Waals surface area (Å²) in [6.45, 7) is 15.2. The van der Waals surface area contributed by atoms with E-state index in [-0.39, 0.29) is 0 Å². The zero-order valence-corrected chi connectivity index (χ0v) is 19.9. The van der Waals surface area contributed by atoms with Gasteiger partial charge in [-0.05, 0) is 104 Å². The first-order valence-corrected chi connectivity index (χ1v) is 12.8. The molecule has 0 spiro atoms. The quantitative estimate of drug-likeness (QED) is 0.425. The molecule has 0 aliphatic heterocycles. The van der Waals surface area contributed by atoms with E-state index < -0.39 is 0 Å². The van der Waals surface area contributed by atoms with Gasteiger partial charge in [0.05, 0.1) is 0 Å². The van der Waals surface area contributed by atoms with Crippen LogP contribution in [0.15, 0.2) is 11.6 Å².